The minimum Gasteiger partial charge on any atom is -0.313 e. The Hall–Kier alpha value is -4.92. The summed E-state index contributed by atoms with van der Waals surface area (Å²) in [5.41, 5.74) is 12.5. The Kier molecular flexibility index (Phi) is 6.85. The Balaban J connectivity index is 1.35. The standard InChI is InChI=1S/C42H30BrN/c43-35-17-11-16-31(25-35)37-18-7-8-19-38(37)32-22-23-40-39-20-9-10-21-41(39)44(42(40)28-32)36-26-33(29-12-3-1-4-13-29)24-34(27-36)30-14-5-2-6-15-30/h1-26,28,34H,27H2. The van der Waals surface area contributed by atoms with E-state index in [0.717, 1.165) is 10.9 Å². The maximum absolute atomic E-state index is 3.68. The first-order chi connectivity index (χ1) is 21.7. The number of aromatic nitrogens is 1. The summed E-state index contributed by atoms with van der Waals surface area (Å²) < 4.78 is 3.60. The van der Waals surface area contributed by atoms with E-state index < -0.39 is 0 Å². The first-order valence-electron chi connectivity index (χ1n) is 15.1. The van der Waals surface area contributed by atoms with Crippen LogP contribution in [-0.2, 0) is 0 Å². The molecule has 0 aliphatic heterocycles. The molecule has 0 radical (unpaired) electrons. The molecule has 0 saturated carbocycles. The number of allylic oxidation sites excluding steroid dienone is 4. The summed E-state index contributed by atoms with van der Waals surface area (Å²) in [7, 11) is 0. The normalized spacial score (nSPS) is 14.9. The van der Waals surface area contributed by atoms with Gasteiger partial charge in [0.2, 0.25) is 0 Å². The van der Waals surface area contributed by atoms with Crippen molar-refractivity contribution in [1.29, 1.82) is 0 Å². The van der Waals surface area contributed by atoms with Gasteiger partial charge in [0.25, 0.3) is 0 Å². The smallest absolute Gasteiger partial charge is 0.0544 e. The molecular weight excluding hydrogens is 598 g/mol. The highest BCUT2D eigenvalue weighted by Crippen LogP contribution is 2.42. The van der Waals surface area contributed by atoms with Gasteiger partial charge in [-0.05, 0) is 75.7 Å². The van der Waals surface area contributed by atoms with Crippen molar-refractivity contribution in [2.45, 2.75) is 12.3 Å². The molecule has 1 aliphatic carbocycles. The zero-order valence-electron chi connectivity index (χ0n) is 24.2. The third-order valence-electron chi connectivity index (χ3n) is 8.80. The summed E-state index contributed by atoms with van der Waals surface area (Å²) in [6, 6.07) is 54.8. The fourth-order valence-corrected chi connectivity index (χ4v) is 7.16. The van der Waals surface area contributed by atoms with Crippen LogP contribution in [0.25, 0.3) is 55.3 Å². The highest BCUT2D eigenvalue weighted by atomic mass is 79.9. The molecular formula is C42H30BrN. The van der Waals surface area contributed by atoms with Crippen molar-refractivity contribution in [1.82, 2.24) is 4.57 Å². The fraction of sp³-hybridized carbons (Fsp3) is 0.0476. The van der Waals surface area contributed by atoms with Crippen molar-refractivity contribution in [2.75, 3.05) is 0 Å². The molecule has 210 valence electrons. The summed E-state index contributed by atoms with van der Waals surface area (Å²) >= 11 is 3.68. The van der Waals surface area contributed by atoms with Crippen LogP contribution in [0.1, 0.15) is 23.5 Å². The monoisotopic (exact) mass is 627 g/mol. The van der Waals surface area contributed by atoms with E-state index in [1.807, 2.05) is 0 Å². The van der Waals surface area contributed by atoms with Crippen LogP contribution in [0.4, 0.5) is 0 Å². The van der Waals surface area contributed by atoms with Gasteiger partial charge < -0.3 is 4.57 Å². The summed E-state index contributed by atoms with van der Waals surface area (Å²) in [5, 5.41) is 2.56. The van der Waals surface area contributed by atoms with Crippen LogP contribution in [0.15, 0.2) is 168 Å². The van der Waals surface area contributed by atoms with Crippen LogP contribution in [0.5, 0.6) is 0 Å². The largest absolute Gasteiger partial charge is 0.313 e. The van der Waals surface area contributed by atoms with E-state index in [-0.39, 0.29) is 5.92 Å². The summed E-state index contributed by atoms with van der Waals surface area (Å²) in [5.74, 6) is 0.281. The molecule has 6 aromatic carbocycles. The molecule has 8 rings (SSSR count). The Morgan fingerprint density at radius 3 is 1.93 bits per heavy atom. The van der Waals surface area contributed by atoms with Gasteiger partial charge in [-0.2, -0.15) is 0 Å². The number of para-hydroxylation sites is 1. The number of hydrogen-bond donors (Lipinski definition) is 0. The zero-order valence-corrected chi connectivity index (χ0v) is 25.8. The molecule has 0 fully saturated rings. The van der Waals surface area contributed by atoms with E-state index in [9.17, 15) is 0 Å². The maximum atomic E-state index is 3.68. The lowest BCUT2D eigenvalue weighted by Gasteiger charge is -2.25. The Morgan fingerprint density at radius 2 is 1.16 bits per heavy atom. The lowest BCUT2D eigenvalue weighted by molar-refractivity contribution is 0.840. The molecule has 1 heterocycles. The molecule has 2 heteroatoms. The second-order valence-electron chi connectivity index (χ2n) is 11.5. The van der Waals surface area contributed by atoms with Gasteiger partial charge in [0.1, 0.15) is 0 Å². The van der Waals surface area contributed by atoms with E-state index in [4.69, 9.17) is 0 Å². The van der Waals surface area contributed by atoms with Gasteiger partial charge in [-0.25, -0.2) is 0 Å². The SMILES string of the molecule is Brc1cccc(-c2ccccc2-c2ccc3c4ccccc4n(C4=CC(c5ccccc5)=CC(c5ccccc5)C4)c3c2)c1. The van der Waals surface area contributed by atoms with Gasteiger partial charge in [0.05, 0.1) is 11.0 Å². The molecule has 0 bridgehead atoms. The lowest BCUT2D eigenvalue weighted by Crippen LogP contribution is -2.08. The number of benzene rings is 6. The number of halogens is 1. The first-order valence-corrected chi connectivity index (χ1v) is 15.9. The van der Waals surface area contributed by atoms with Crippen LogP contribution in [0.2, 0.25) is 0 Å². The molecule has 0 amide bonds. The van der Waals surface area contributed by atoms with Crippen molar-refractivity contribution >= 4 is 49.0 Å². The predicted molar refractivity (Wildman–Crippen MR) is 191 cm³/mol. The molecule has 0 N–H and O–H groups in total. The van der Waals surface area contributed by atoms with E-state index >= 15 is 0 Å². The van der Waals surface area contributed by atoms with Crippen LogP contribution in [-0.4, -0.2) is 4.57 Å². The number of fused-ring (bicyclic) bond motifs is 3. The first kappa shape index (κ1) is 26.7. The van der Waals surface area contributed by atoms with Gasteiger partial charge in [0, 0.05) is 26.9 Å². The zero-order chi connectivity index (χ0) is 29.5. The van der Waals surface area contributed by atoms with Crippen molar-refractivity contribution in [2.24, 2.45) is 0 Å². The van der Waals surface area contributed by atoms with E-state index in [2.05, 4.69) is 184 Å². The summed E-state index contributed by atoms with van der Waals surface area (Å²) in [4.78, 5) is 0. The molecule has 1 aliphatic rings. The van der Waals surface area contributed by atoms with Crippen molar-refractivity contribution in [3.8, 4) is 22.3 Å². The van der Waals surface area contributed by atoms with E-state index in [0.29, 0.717) is 0 Å². The Bertz CT molecular complexity index is 2200. The highest BCUT2D eigenvalue weighted by molar-refractivity contribution is 9.10. The second kappa shape index (κ2) is 11.3. The quantitative estimate of drug-likeness (QED) is 0.179. The molecule has 0 spiro atoms. The average Bonchev–Trinajstić information content (AvgIpc) is 3.42. The summed E-state index contributed by atoms with van der Waals surface area (Å²) in [6.07, 6.45) is 5.78. The minimum atomic E-state index is 0.281. The second-order valence-corrected chi connectivity index (χ2v) is 12.4. The topological polar surface area (TPSA) is 4.93 Å². The van der Waals surface area contributed by atoms with Crippen molar-refractivity contribution in [3.63, 3.8) is 0 Å². The van der Waals surface area contributed by atoms with E-state index in [1.165, 1.54) is 66.5 Å². The molecule has 44 heavy (non-hydrogen) atoms. The Morgan fingerprint density at radius 1 is 0.523 bits per heavy atom. The fourth-order valence-electron chi connectivity index (χ4n) is 6.76. The number of rotatable bonds is 5. The van der Waals surface area contributed by atoms with Gasteiger partial charge in [-0.1, -0.05) is 149 Å². The molecule has 7 aromatic rings. The van der Waals surface area contributed by atoms with Crippen LogP contribution < -0.4 is 0 Å². The summed E-state index contributed by atoms with van der Waals surface area (Å²) in [6.45, 7) is 0. The predicted octanol–water partition coefficient (Wildman–Crippen LogP) is 12.0. The molecule has 1 atom stereocenters. The minimum absolute atomic E-state index is 0.281. The average molecular weight is 629 g/mol. The number of nitrogens with zero attached hydrogens (tertiary/aromatic N) is 1. The third kappa shape index (κ3) is 4.82. The van der Waals surface area contributed by atoms with Crippen LogP contribution >= 0.6 is 15.9 Å². The number of hydrogen-bond acceptors (Lipinski definition) is 0. The van der Waals surface area contributed by atoms with Gasteiger partial charge in [-0.15, -0.1) is 0 Å². The highest BCUT2D eigenvalue weighted by Gasteiger charge is 2.23. The van der Waals surface area contributed by atoms with Crippen LogP contribution in [0.3, 0.4) is 0 Å². The maximum Gasteiger partial charge on any atom is 0.0544 e. The molecule has 1 unspecified atom stereocenters. The molecule has 1 nitrogen and oxygen atoms in total. The van der Waals surface area contributed by atoms with Crippen molar-refractivity contribution in [3.05, 3.63) is 179 Å². The third-order valence-corrected chi connectivity index (χ3v) is 9.29. The van der Waals surface area contributed by atoms with Crippen LogP contribution in [0, 0.1) is 0 Å². The molecule has 1 aromatic heterocycles. The molecule has 0 saturated heterocycles. The van der Waals surface area contributed by atoms with E-state index in [1.54, 1.807) is 0 Å². The Labute approximate surface area is 266 Å². The van der Waals surface area contributed by atoms with Gasteiger partial charge in [-0.3, -0.25) is 0 Å². The lowest BCUT2D eigenvalue weighted by atomic mass is 9.85. The van der Waals surface area contributed by atoms with Gasteiger partial charge in [0.15, 0.2) is 0 Å². The van der Waals surface area contributed by atoms with Crippen molar-refractivity contribution < 1.29 is 0 Å². The van der Waals surface area contributed by atoms with Gasteiger partial charge >= 0.3 is 0 Å².